The molecule has 0 amide bonds. The monoisotopic (exact) mass is 304 g/mol. The Morgan fingerprint density at radius 2 is 1.85 bits per heavy atom. The van der Waals surface area contributed by atoms with Gasteiger partial charge in [0.15, 0.2) is 6.29 Å². The lowest BCUT2D eigenvalue weighted by molar-refractivity contribution is -0.134. The Labute approximate surface area is 121 Å². The molecule has 112 valence electrons. The van der Waals surface area contributed by atoms with Crippen LogP contribution in [-0.4, -0.2) is 58.1 Å². The van der Waals surface area contributed by atoms with Gasteiger partial charge in [0.2, 0.25) is 0 Å². The molecule has 1 fully saturated rings. The summed E-state index contributed by atoms with van der Waals surface area (Å²) in [6.07, 6.45) is -5.73. The molecule has 7 heteroatoms. The molecule has 6 nitrogen and oxygen atoms in total. The first-order chi connectivity index (χ1) is 9.52. The molecule has 4 N–H and O–H groups in total. The fraction of sp³-hybridized carbons (Fsp3) is 0.538. The van der Waals surface area contributed by atoms with Crippen LogP contribution in [0, 0.1) is 0 Å². The van der Waals surface area contributed by atoms with Crippen molar-refractivity contribution in [1.29, 1.82) is 0 Å². The largest absolute Gasteiger partial charge is 0.394 e. The molecule has 1 saturated heterocycles. The van der Waals surface area contributed by atoms with Gasteiger partial charge in [-0.25, -0.2) is 0 Å². The van der Waals surface area contributed by atoms with Crippen LogP contribution in [0.25, 0.3) is 0 Å². The van der Waals surface area contributed by atoms with Gasteiger partial charge in [-0.15, -0.1) is 0 Å². The minimum atomic E-state index is -1.50. The molecule has 1 unspecified atom stereocenters. The molecule has 1 aliphatic heterocycles. The van der Waals surface area contributed by atoms with Crippen molar-refractivity contribution in [3.8, 4) is 0 Å². The molecule has 20 heavy (non-hydrogen) atoms. The molecule has 5 atom stereocenters. The molecule has 1 aromatic rings. The standard InChI is InChI=1S/C13H17ClO6/c14-8-3-1-7(2-4-8)13-19-6-10(20-13)12(18)11(17)9(16)5-15/h1-4,9-13,15-18H,5-6H2/t9-,10+,11-,12-,13?/m1/s1. The van der Waals surface area contributed by atoms with E-state index in [1.807, 2.05) is 0 Å². The van der Waals surface area contributed by atoms with Crippen molar-refractivity contribution in [2.45, 2.75) is 30.7 Å². The highest BCUT2D eigenvalue weighted by molar-refractivity contribution is 6.30. The molecule has 0 aliphatic carbocycles. The molecule has 1 aliphatic rings. The summed E-state index contributed by atoms with van der Waals surface area (Å²) in [5.41, 5.74) is 0.737. The van der Waals surface area contributed by atoms with E-state index in [4.69, 9.17) is 26.2 Å². The molecule has 0 aromatic heterocycles. The second-order valence-corrected chi connectivity index (χ2v) is 5.06. The van der Waals surface area contributed by atoms with E-state index in [1.54, 1.807) is 24.3 Å². The number of hydrogen-bond donors (Lipinski definition) is 4. The van der Waals surface area contributed by atoms with E-state index in [-0.39, 0.29) is 6.61 Å². The van der Waals surface area contributed by atoms with Crippen molar-refractivity contribution in [1.82, 2.24) is 0 Å². The molecule has 0 bridgehead atoms. The average Bonchev–Trinajstić information content (AvgIpc) is 2.95. The summed E-state index contributed by atoms with van der Waals surface area (Å²) in [5, 5.41) is 38.1. The number of halogens is 1. The van der Waals surface area contributed by atoms with Crippen molar-refractivity contribution in [3.63, 3.8) is 0 Å². The van der Waals surface area contributed by atoms with Crippen LogP contribution in [0.3, 0.4) is 0 Å². The van der Waals surface area contributed by atoms with E-state index in [9.17, 15) is 15.3 Å². The summed E-state index contributed by atoms with van der Waals surface area (Å²) in [7, 11) is 0. The highest BCUT2D eigenvalue weighted by atomic mass is 35.5. The van der Waals surface area contributed by atoms with Gasteiger partial charge in [0, 0.05) is 10.6 Å². The Morgan fingerprint density at radius 1 is 1.20 bits per heavy atom. The van der Waals surface area contributed by atoms with Gasteiger partial charge in [-0.3, -0.25) is 0 Å². The lowest BCUT2D eigenvalue weighted by Gasteiger charge is -2.25. The topological polar surface area (TPSA) is 99.4 Å². The summed E-state index contributed by atoms with van der Waals surface area (Å²) >= 11 is 5.78. The third-order valence-electron chi connectivity index (χ3n) is 3.16. The molecule has 0 saturated carbocycles. The maximum absolute atomic E-state index is 9.88. The number of aliphatic hydroxyl groups is 4. The fourth-order valence-electron chi connectivity index (χ4n) is 1.95. The molecular weight excluding hydrogens is 288 g/mol. The number of ether oxygens (including phenoxy) is 2. The van der Waals surface area contributed by atoms with E-state index < -0.39 is 37.3 Å². The Morgan fingerprint density at radius 3 is 2.45 bits per heavy atom. The lowest BCUT2D eigenvalue weighted by Crippen LogP contribution is -2.46. The molecule has 0 radical (unpaired) electrons. The van der Waals surface area contributed by atoms with Crippen LogP contribution in [0.5, 0.6) is 0 Å². The van der Waals surface area contributed by atoms with Crippen LogP contribution in [0.15, 0.2) is 24.3 Å². The second kappa shape index (κ2) is 6.82. The van der Waals surface area contributed by atoms with Gasteiger partial charge in [-0.2, -0.15) is 0 Å². The van der Waals surface area contributed by atoms with Crippen LogP contribution < -0.4 is 0 Å². The summed E-state index contributed by atoms with van der Waals surface area (Å²) in [4.78, 5) is 0. The minimum Gasteiger partial charge on any atom is -0.394 e. The van der Waals surface area contributed by atoms with Gasteiger partial charge in [-0.1, -0.05) is 23.7 Å². The smallest absolute Gasteiger partial charge is 0.184 e. The summed E-state index contributed by atoms with van der Waals surface area (Å²) in [6, 6.07) is 6.86. The number of aliphatic hydroxyl groups excluding tert-OH is 4. The van der Waals surface area contributed by atoms with Gasteiger partial charge in [0.25, 0.3) is 0 Å². The highest BCUT2D eigenvalue weighted by Gasteiger charge is 2.38. The zero-order chi connectivity index (χ0) is 14.7. The SMILES string of the molecule is OC[C@@H](O)[C@@H](O)[C@H](O)[C@@H]1COC(c2ccc(Cl)cc2)O1. The van der Waals surface area contributed by atoms with E-state index in [1.165, 1.54) is 0 Å². The number of hydrogen-bond acceptors (Lipinski definition) is 6. The Hall–Kier alpha value is -0.730. The van der Waals surface area contributed by atoms with E-state index in [2.05, 4.69) is 0 Å². The van der Waals surface area contributed by atoms with Gasteiger partial charge in [0.1, 0.15) is 24.4 Å². The van der Waals surface area contributed by atoms with Crippen molar-refractivity contribution < 1.29 is 29.9 Å². The Balaban J connectivity index is 1.96. The summed E-state index contributed by atoms with van der Waals surface area (Å²) < 4.78 is 10.9. The van der Waals surface area contributed by atoms with Crippen LogP contribution in [-0.2, 0) is 9.47 Å². The first-order valence-corrected chi connectivity index (χ1v) is 6.58. The molecule has 0 spiro atoms. The average molecular weight is 305 g/mol. The van der Waals surface area contributed by atoms with Crippen molar-refractivity contribution in [2.24, 2.45) is 0 Å². The predicted molar refractivity (Wildman–Crippen MR) is 70.1 cm³/mol. The highest BCUT2D eigenvalue weighted by Crippen LogP contribution is 2.29. The normalized spacial score (nSPS) is 27.2. The van der Waals surface area contributed by atoms with Crippen molar-refractivity contribution >= 4 is 11.6 Å². The number of rotatable bonds is 5. The van der Waals surface area contributed by atoms with Gasteiger partial charge in [-0.05, 0) is 12.1 Å². The molecular formula is C13H17ClO6. The van der Waals surface area contributed by atoms with Gasteiger partial charge >= 0.3 is 0 Å². The summed E-state index contributed by atoms with van der Waals surface area (Å²) in [6.45, 7) is -0.573. The number of benzene rings is 1. The zero-order valence-electron chi connectivity index (χ0n) is 10.6. The van der Waals surface area contributed by atoms with Gasteiger partial charge < -0.3 is 29.9 Å². The Bertz CT molecular complexity index is 425. The van der Waals surface area contributed by atoms with Crippen molar-refractivity contribution in [3.05, 3.63) is 34.9 Å². The van der Waals surface area contributed by atoms with Crippen LogP contribution in [0.2, 0.25) is 5.02 Å². The first-order valence-electron chi connectivity index (χ1n) is 6.20. The maximum atomic E-state index is 9.88. The van der Waals surface area contributed by atoms with Gasteiger partial charge in [0.05, 0.1) is 13.2 Å². The van der Waals surface area contributed by atoms with Crippen LogP contribution in [0.4, 0.5) is 0 Å². The van der Waals surface area contributed by atoms with Crippen LogP contribution >= 0.6 is 11.6 Å². The predicted octanol–water partition coefficient (Wildman–Crippen LogP) is -0.171. The Kier molecular flexibility index (Phi) is 5.34. The molecule has 2 rings (SSSR count). The first kappa shape index (κ1) is 15.7. The van der Waals surface area contributed by atoms with E-state index in [0.717, 1.165) is 5.56 Å². The third-order valence-corrected chi connectivity index (χ3v) is 3.42. The van der Waals surface area contributed by atoms with E-state index >= 15 is 0 Å². The minimum absolute atomic E-state index is 0.0731. The van der Waals surface area contributed by atoms with E-state index in [0.29, 0.717) is 5.02 Å². The quantitative estimate of drug-likeness (QED) is 0.603. The molecule has 1 heterocycles. The maximum Gasteiger partial charge on any atom is 0.184 e. The fourth-order valence-corrected chi connectivity index (χ4v) is 2.07. The lowest BCUT2D eigenvalue weighted by atomic mass is 10.0. The van der Waals surface area contributed by atoms with Crippen LogP contribution in [0.1, 0.15) is 11.9 Å². The zero-order valence-corrected chi connectivity index (χ0v) is 11.3. The summed E-state index contributed by atoms with van der Waals surface area (Å²) in [5.74, 6) is 0. The third kappa shape index (κ3) is 3.48. The molecule has 1 aromatic carbocycles. The van der Waals surface area contributed by atoms with Crippen molar-refractivity contribution in [2.75, 3.05) is 13.2 Å². The second-order valence-electron chi connectivity index (χ2n) is 4.62.